The van der Waals surface area contributed by atoms with Crippen LogP contribution in [0.3, 0.4) is 0 Å². The van der Waals surface area contributed by atoms with Crippen molar-refractivity contribution < 1.29 is 9.84 Å². The van der Waals surface area contributed by atoms with Crippen LogP contribution in [-0.2, 0) is 0 Å². The molecule has 1 N–H and O–H groups in total. The minimum Gasteiger partial charge on any atom is -0.618 e. The molecule has 3 nitrogen and oxygen atoms in total. The van der Waals surface area contributed by atoms with Gasteiger partial charge >= 0.3 is 0 Å². The lowest BCUT2D eigenvalue weighted by atomic mass is 10.2. The molecular weight excluding hydrogens is 142 g/mol. The Morgan fingerprint density at radius 2 is 1.91 bits per heavy atom. The van der Waals surface area contributed by atoms with Crippen LogP contribution >= 0.6 is 0 Å². The predicted octanol–water partition coefficient (Wildman–Crippen LogP) is 0.951. The first-order valence-electron chi connectivity index (χ1n) is 3.43. The van der Waals surface area contributed by atoms with Crippen molar-refractivity contribution in [3.8, 4) is 5.75 Å². The Hall–Kier alpha value is -1.25. The Morgan fingerprint density at radius 3 is 2.45 bits per heavy atom. The lowest BCUT2D eigenvalue weighted by molar-refractivity contribution is -0.619. The summed E-state index contributed by atoms with van der Waals surface area (Å²) in [6, 6.07) is 1.66. The van der Waals surface area contributed by atoms with Gasteiger partial charge in [-0.2, -0.15) is 4.73 Å². The van der Waals surface area contributed by atoms with Gasteiger partial charge in [-0.15, -0.1) is 0 Å². The summed E-state index contributed by atoms with van der Waals surface area (Å²) in [4.78, 5) is 0. The van der Waals surface area contributed by atoms with Crippen LogP contribution in [0.15, 0.2) is 6.07 Å². The zero-order chi connectivity index (χ0) is 8.59. The fourth-order valence-corrected chi connectivity index (χ4v) is 1.09. The second kappa shape index (κ2) is 2.42. The zero-order valence-corrected chi connectivity index (χ0v) is 6.88. The SMILES string of the molecule is Cc1cc(C)[n+]([O-])c(C)c1O. The average Bonchev–Trinajstić information content (AvgIpc) is 1.97. The van der Waals surface area contributed by atoms with Crippen LogP contribution in [0.5, 0.6) is 5.75 Å². The molecule has 0 saturated carbocycles. The highest BCUT2D eigenvalue weighted by molar-refractivity contribution is 5.32. The van der Waals surface area contributed by atoms with E-state index in [0.29, 0.717) is 11.4 Å². The van der Waals surface area contributed by atoms with Crippen molar-refractivity contribution in [3.63, 3.8) is 0 Å². The first-order chi connectivity index (χ1) is 5.04. The molecule has 0 amide bonds. The second-order valence-corrected chi connectivity index (χ2v) is 2.70. The Labute approximate surface area is 65.5 Å². The van der Waals surface area contributed by atoms with Crippen LogP contribution < -0.4 is 4.73 Å². The van der Waals surface area contributed by atoms with E-state index in [-0.39, 0.29) is 5.75 Å². The van der Waals surface area contributed by atoms with Crippen LogP contribution in [0.25, 0.3) is 0 Å². The lowest BCUT2D eigenvalue weighted by Crippen LogP contribution is -2.33. The fourth-order valence-electron chi connectivity index (χ4n) is 1.09. The summed E-state index contributed by atoms with van der Waals surface area (Å²) < 4.78 is 0.725. The van der Waals surface area contributed by atoms with Crippen LogP contribution in [0.4, 0.5) is 0 Å². The molecule has 0 unspecified atom stereocenters. The van der Waals surface area contributed by atoms with Crippen molar-refractivity contribution in [1.82, 2.24) is 0 Å². The highest BCUT2D eigenvalue weighted by atomic mass is 16.5. The maximum Gasteiger partial charge on any atom is 0.231 e. The number of aromatic hydroxyl groups is 1. The van der Waals surface area contributed by atoms with Gasteiger partial charge in [-0.05, 0) is 6.92 Å². The first-order valence-corrected chi connectivity index (χ1v) is 3.43. The number of rotatable bonds is 0. The van der Waals surface area contributed by atoms with Crippen molar-refractivity contribution in [2.45, 2.75) is 20.8 Å². The van der Waals surface area contributed by atoms with E-state index in [2.05, 4.69) is 0 Å². The monoisotopic (exact) mass is 153 g/mol. The van der Waals surface area contributed by atoms with Crippen molar-refractivity contribution in [2.75, 3.05) is 0 Å². The van der Waals surface area contributed by atoms with Gasteiger partial charge in [-0.3, -0.25) is 0 Å². The number of nitrogens with zero attached hydrogens (tertiary/aromatic N) is 1. The molecule has 1 aromatic heterocycles. The van der Waals surface area contributed by atoms with E-state index in [9.17, 15) is 10.3 Å². The summed E-state index contributed by atoms with van der Waals surface area (Å²) in [6.45, 7) is 5.09. The summed E-state index contributed by atoms with van der Waals surface area (Å²) in [6.07, 6.45) is 0. The molecule has 3 heteroatoms. The second-order valence-electron chi connectivity index (χ2n) is 2.70. The first kappa shape index (κ1) is 7.85. The molecule has 0 aromatic carbocycles. The molecule has 0 bridgehead atoms. The summed E-state index contributed by atoms with van der Waals surface area (Å²) in [5.41, 5.74) is 1.72. The molecule has 0 aliphatic carbocycles. The molecule has 0 atom stereocenters. The molecule has 60 valence electrons. The Kier molecular flexibility index (Phi) is 1.72. The van der Waals surface area contributed by atoms with E-state index in [1.165, 1.54) is 0 Å². The largest absolute Gasteiger partial charge is 0.618 e. The highest BCUT2D eigenvalue weighted by Crippen LogP contribution is 2.17. The van der Waals surface area contributed by atoms with Gasteiger partial charge in [-0.1, -0.05) is 0 Å². The minimum absolute atomic E-state index is 0.0885. The summed E-state index contributed by atoms with van der Waals surface area (Å²) >= 11 is 0. The van der Waals surface area contributed by atoms with Crippen LogP contribution in [0.2, 0.25) is 0 Å². The van der Waals surface area contributed by atoms with Crippen LogP contribution in [-0.4, -0.2) is 5.11 Å². The fraction of sp³-hybridized carbons (Fsp3) is 0.375. The van der Waals surface area contributed by atoms with Gasteiger partial charge in [0.25, 0.3) is 0 Å². The molecule has 0 saturated heterocycles. The van der Waals surface area contributed by atoms with E-state index < -0.39 is 0 Å². The van der Waals surface area contributed by atoms with Crippen LogP contribution in [0, 0.1) is 26.0 Å². The number of pyridine rings is 1. The van der Waals surface area contributed by atoms with Crippen molar-refractivity contribution in [2.24, 2.45) is 0 Å². The Balaban J connectivity index is 3.46. The van der Waals surface area contributed by atoms with Crippen molar-refractivity contribution >= 4 is 0 Å². The quantitative estimate of drug-likeness (QED) is 0.445. The van der Waals surface area contributed by atoms with Gasteiger partial charge in [0.1, 0.15) is 0 Å². The third kappa shape index (κ3) is 1.13. The van der Waals surface area contributed by atoms with Gasteiger partial charge in [0, 0.05) is 25.5 Å². The van der Waals surface area contributed by atoms with Crippen molar-refractivity contribution in [1.29, 1.82) is 0 Å². The summed E-state index contributed by atoms with van der Waals surface area (Å²) in [5.74, 6) is 0.0885. The van der Waals surface area contributed by atoms with E-state index in [1.807, 2.05) is 0 Å². The Morgan fingerprint density at radius 1 is 1.36 bits per heavy atom. The number of aromatic nitrogens is 1. The van der Waals surface area contributed by atoms with E-state index >= 15 is 0 Å². The number of hydrogen-bond acceptors (Lipinski definition) is 2. The molecule has 1 aromatic rings. The van der Waals surface area contributed by atoms with E-state index in [4.69, 9.17) is 0 Å². The van der Waals surface area contributed by atoms with Gasteiger partial charge in [0.05, 0.1) is 0 Å². The van der Waals surface area contributed by atoms with Crippen molar-refractivity contribution in [3.05, 3.63) is 28.2 Å². The molecule has 0 radical (unpaired) electrons. The number of aryl methyl sites for hydroxylation is 2. The lowest BCUT2D eigenvalue weighted by Gasteiger charge is -2.06. The Bertz CT molecular complexity index is 268. The van der Waals surface area contributed by atoms with Gasteiger partial charge in [0.15, 0.2) is 11.4 Å². The molecule has 1 heterocycles. The average molecular weight is 153 g/mol. The highest BCUT2D eigenvalue weighted by Gasteiger charge is 2.11. The normalized spacial score (nSPS) is 10.1. The molecule has 0 aliphatic rings. The molecule has 0 spiro atoms. The summed E-state index contributed by atoms with van der Waals surface area (Å²) in [7, 11) is 0. The molecule has 11 heavy (non-hydrogen) atoms. The molecular formula is C8H11NO2. The molecule has 1 rings (SSSR count). The standard InChI is InChI=1S/C8H11NO2/c1-5-4-6(2)9(11)7(3)8(5)10/h4,10H,1-3H3. The van der Waals surface area contributed by atoms with Gasteiger partial charge < -0.3 is 10.3 Å². The topological polar surface area (TPSA) is 47.2 Å². The molecule has 0 fully saturated rings. The number of hydrogen-bond donors (Lipinski definition) is 1. The van der Waals surface area contributed by atoms with Gasteiger partial charge in [0.2, 0.25) is 5.69 Å². The van der Waals surface area contributed by atoms with E-state index in [1.54, 1.807) is 26.8 Å². The van der Waals surface area contributed by atoms with E-state index in [0.717, 1.165) is 10.3 Å². The minimum atomic E-state index is 0.0885. The summed E-state index contributed by atoms with van der Waals surface area (Å²) in [5, 5.41) is 20.4. The van der Waals surface area contributed by atoms with Gasteiger partial charge in [-0.25, -0.2) is 0 Å². The predicted molar refractivity (Wildman–Crippen MR) is 41.3 cm³/mol. The third-order valence-corrected chi connectivity index (χ3v) is 1.77. The zero-order valence-electron chi connectivity index (χ0n) is 6.88. The smallest absolute Gasteiger partial charge is 0.231 e. The third-order valence-electron chi connectivity index (χ3n) is 1.77. The maximum atomic E-state index is 11.1. The molecule has 0 aliphatic heterocycles. The maximum absolute atomic E-state index is 11.1. The van der Waals surface area contributed by atoms with Crippen LogP contribution in [0.1, 0.15) is 17.0 Å².